The summed E-state index contributed by atoms with van der Waals surface area (Å²) in [5.74, 6) is -0.113. The predicted octanol–water partition coefficient (Wildman–Crippen LogP) is 2.88. The second kappa shape index (κ2) is 8.22. The topological polar surface area (TPSA) is 68.2 Å². The van der Waals surface area contributed by atoms with Crippen molar-refractivity contribution in [3.8, 4) is 6.01 Å². The first-order valence-electron chi connectivity index (χ1n) is 7.70. The van der Waals surface area contributed by atoms with Gasteiger partial charge in [0.2, 0.25) is 0 Å². The summed E-state index contributed by atoms with van der Waals surface area (Å²) < 4.78 is 4.92. The molecule has 6 heteroatoms. The van der Waals surface area contributed by atoms with Crippen molar-refractivity contribution in [3.63, 3.8) is 0 Å². The molecule has 0 aromatic carbocycles. The van der Waals surface area contributed by atoms with E-state index in [0.717, 1.165) is 24.8 Å². The van der Waals surface area contributed by atoms with E-state index in [9.17, 15) is 4.79 Å². The van der Waals surface area contributed by atoms with Gasteiger partial charge in [0.05, 0.1) is 18.7 Å². The maximum Gasteiger partial charge on any atom is 0.316 e. The van der Waals surface area contributed by atoms with Crippen molar-refractivity contribution in [2.24, 2.45) is 0 Å². The number of pyridine rings is 1. The summed E-state index contributed by atoms with van der Waals surface area (Å²) in [6.45, 7) is 2.14. The number of methoxy groups -OCH3 is 1. The number of ether oxygens (including phenoxy) is 1. The number of nitrogens with zero attached hydrogens (tertiary/aromatic N) is 4. The Morgan fingerprint density at radius 3 is 2.61 bits per heavy atom. The number of hydrogen-bond acceptors (Lipinski definition) is 5. The maximum atomic E-state index is 12.7. The van der Waals surface area contributed by atoms with Crippen molar-refractivity contribution in [1.29, 1.82) is 0 Å². The molecule has 2 aromatic heterocycles. The van der Waals surface area contributed by atoms with Crippen LogP contribution in [0.1, 0.15) is 48.1 Å². The molecule has 0 fully saturated rings. The number of rotatable bonds is 7. The third kappa shape index (κ3) is 4.25. The lowest BCUT2D eigenvalue weighted by Gasteiger charge is -2.28. The zero-order valence-electron chi connectivity index (χ0n) is 13.8. The molecular formula is C17H22N4O2. The molecule has 0 unspecified atom stereocenters. The van der Waals surface area contributed by atoms with E-state index in [4.69, 9.17) is 4.74 Å². The van der Waals surface area contributed by atoms with Crippen molar-refractivity contribution < 1.29 is 9.53 Å². The first-order chi connectivity index (χ1) is 11.2. The average Bonchev–Trinajstić information content (AvgIpc) is 2.62. The van der Waals surface area contributed by atoms with Crippen molar-refractivity contribution >= 4 is 5.91 Å². The number of unbranched alkanes of at least 4 members (excludes halogenated alkanes) is 1. The largest absolute Gasteiger partial charge is 0.467 e. The highest BCUT2D eigenvalue weighted by Gasteiger charge is 2.23. The van der Waals surface area contributed by atoms with Gasteiger partial charge in [-0.25, -0.2) is 9.97 Å². The van der Waals surface area contributed by atoms with E-state index in [1.807, 2.05) is 18.3 Å². The Balaban J connectivity index is 2.21. The van der Waals surface area contributed by atoms with Crippen LogP contribution in [0.3, 0.4) is 0 Å². The van der Waals surface area contributed by atoms with Crippen LogP contribution >= 0.6 is 0 Å². The molecule has 0 spiro atoms. The lowest BCUT2D eigenvalue weighted by atomic mass is 10.0. The number of aromatic nitrogens is 3. The van der Waals surface area contributed by atoms with Crippen LogP contribution in [0.15, 0.2) is 36.9 Å². The Kier molecular flexibility index (Phi) is 6.02. The molecule has 2 heterocycles. The van der Waals surface area contributed by atoms with E-state index >= 15 is 0 Å². The van der Waals surface area contributed by atoms with E-state index in [1.165, 1.54) is 19.5 Å². The fourth-order valence-electron chi connectivity index (χ4n) is 2.43. The Bertz CT molecular complexity index is 616. The van der Waals surface area contributed by atoms with Gasteiger partial charge in [-0.3, -0.25) is 9.78 Å². The van der Waals surface area contributed by atoms with Crippen LogP contribution < -0.4 is 4.74 Å². The van der Waals surface area contributed by atoms with Gasteiger partial charge in [0.25, 0.3) is 5.91 Å². The summed E-state index contributed by atoms with van der Waals surface area (Å²) >= 11 is 0. The fourth-order valence-corrected chi connectivity index (χ4v) is 2.43. The summed E-state index contributed by atoms with van der Waals surface area (Å²) in [6.07, 6.45) is 9.53. The summed E-state index contributed by atoms with van der Waals surface area (Å²) in [5, 5.41) is 0. The lowest BCUT2D eigenvalue weighted by molar-refractivity contribution is 0.0719. The third-order valence-electron chi connectivity index (χ3n) is 3.75. The number of hydrogen-bond donors (Lipinski definition) is 0. The summed E-state index contributed by atoms with van der Waals surface area (Å²) in [6, 6.07) is 4.13. The monoisotopic (exact) mass is 314 g/mol. The molecule has 6 nitrogen and oxygen atoms in total. The highest BCUT2D eigenvalue weighted by Crippen LogP contribution is 2.26. The quantitative estimate of drug-likeness (QED) is 0.786. The van der Waals surface area contributed by atoms with E-state index in [-0.39, 0.29) is 18.0 Å². The molecule has 2 rings (SSSR count). The van der Waals surface area contributed by atoms with Gasteiger partial charge in [-0.15, -0.1) is 0 Å². The molecule has 23 heavy (non-hydrogen) atoms. The highest BCUT2D eigenvalue weighted by atomic mass is 16.5. The molecule has 2 aromatic rings. The minimum absolute atomic E-state index is 0.0155. The van der Waals surface area contributed by atoms with Gasteiger partial charge in [-0.2, -0.15) is 0 Å². The van der Waals surface area contributed by atoms with Crippen LogP contribution in [0.25, 0.3) is 0 Å². The average molecular weight is 314 g/mol. The minimum Gasteiger partial charge on any atom is -0.467 e. The van der Waals surface area contributed by atoms with Crippen LogP contribution in [0.2, 0.25) is 0 Å². The van der Waals surface area contributed by atoms with Gasteiger partial charge in [0, 0.05) is 31.8 Å². The summed E-state index contributed by atoms with van der Waals surface area (Å²) in [7, 11) is 3.30. The van der Waals surface area contributed by atoms with Crippen molar-refractivity contribution in [3.05, 3.63) is 48.0 Å². The Hall–Kier alpha value is -2.50. The molecule has 0 bridgehead atoms. The Labute approximate surface area is 136 Å². The molecule has 122 valence electrons. The van der Waals surface area contributed by atoms with Gasteiger partial charge in [0.1, 0.15) is 0 Å². The molecule has 0 radical (unpaired) electrons. The zero-order chi connectivity index (χ0) is 16.7. The lowest BCUT2D eigenvalue weighted by Crippen LogP contribution is -2.31. The number of amides is 1. The van der Waals surface area contributed by atoms with Crippen LogP contribution in [-0.4, -0.2) is 39.9 Å². The number of carbonyl (C=O) groups is 1. The van der Waals surface area contributed by atoms with Crippen LogP contribution in [0.4, 0.5) is 0 Å². The minimum atomic E-state index is -0.113. The van der Waals surface area contributed by atoms with Gasteiger partial charge >= 0.3 is 6.01 Å². The van der Waals surface area contributed by atoms with E-state index in [0.29, 0.717) is 5.56 Å². The summed E-state index contributed by atoms with van der Waals surface area (Å²) in [4.78, 5) is 26.6. The van der Waals surface area contributed by atoms with E-state index in [1.54, 1.807) is 18.1 Å². The second-order valence-corrected chi connectivity index (χ2v) is 5.32. The molecule has 0 aliphatic heterocycles. The molecule has 0 N–H and O–H groups in total. The standard InChI is InChI=1S/C17H22N4O2/c1-4-5-8-15(13-7-6-9-18-10-13)21(2)16(22)14-11-19-17(23-3)20-12-14/h6-7,9-12,15H,4-5,8H2,1-3H3/t15-/m1/s1. The van der Waals surface area contributed by atoms with Gasteiger partial charge in [-0.1, -0.05) is 25.8 Å². The fraction of sp³-hybridized carbons (Fsp3) is 0.412. The van der Waals surface area contributed by atoms with Gasteiger partial charge in [-0.05, 0) is 18.1 Å². The van der Waals surface area contributed by atoms with Crippen molar-refractivity contribution in [2.75, 3.05) is 14.2 Å². The van der Waals surface area contributed by atoms with Gasteiger partial charge < -0.3 is 9.64 Å². The zero-order valence-corrected chi connectivity index (χ0v) is 13.8. The van der Waals surface area contributed by atoms with E-state index < -0.39 is 0 Å². The Morgan fingerprint density at radius 2 is 2.04 bits per heavy atom. The normalized spacial score (nSPS) is 11.8. The third-order valence-corrected chi connectivity index (χ3v) is 3.75. The molecule has 0 aliphatic carbocycles. The van der Waals surface area contributed by atoms with Crippen LogP contribution in [-0.2, 0) is 0 Å². The molecular weight excluding hydrogens is 292 g/mol. The number of carbonyl (C=O) groups excluding carboxylic acids is 1. The van der Waals surface area contributed by atoms with E-state index in [2.05, 4.69) is 21.9 Å². The predicted molar refractivity (Wildman–Crippen MR) is 87.2 cm³/mol. The molecule has 1 amide bonds. The molecule has 1 atom stereocenters. The first-order valence-corrected chi connectivity index (χ1v) is 7.70. The highest BCUT2D eigenvalue weighted by molar-refractivity contribution is 5.93. The van der Waals surface area contributed by atoms with Crippen LogP contribution in [0, 0.1) is 0 Å². The molecule has 0 saturated heterocycles. The molecule has 0 aliphatic rings. The smallest absolute Gasteiger partial charge is 0.316 e. The van der Waals surface area contributed by atoms with Gasteiger partial charge in [0.15, 0.2) is 0 Å². The Morgan fingerprint density at radius 1 is 1.30 bits per heavy atom. The summed E-state index contributed by atoms with van der Waals surface area (Å²) in [5.41, 5.74) is 1.48. The SMILES string of the molecule is CCCC[C@H](c1cccnc1)N(C)C(=O)c1cnc(OC)nc1. The van der Waals surface area contributed by atoms with Crippen molar-refractivity contribution in [1.82, 2.24) is 19.9 Å². The van der Waals surface area contributed by atoms with Crippen LogP contribution in [0.5, 0.6) is 6.01 Å². The first kappa shape index (κ1) is 16.9. The molecule has 0 saturated carbocycles. The second-order valence-electron chi connectivity index (χ2n) is 5.32. The van der Waals surface area contributed by atoms with Crippen molar-refractivity contribution in [2.45, 2.75) is 32.2 Å². The maximum absolute atomic E-state index is 12.7.